The molecule has 1 aromatic rings. The second-order valence-corrected chi connectivity index (χ2v) is 11.3. The zero-order valence-corrected chi connectivity index (χ0v) is 20.2. The number of carbonyl (C=O) groups is 2. The van der Waals surface area contributed by atoms with Gasteiger partial charge in [0.2, 0.25) is 0 Å². The van der Waals surface area contributed by atoms with Gasteiger partial charge in [0.1, 0.15) is 12.1 Å². The number of nitrogens with two attached hydrogens (primary N) is 1. The Kier molecular flexibility index (Phi) is 5.91. The van der Waals surface area contributed by atoms with Gasteiger partial charge in [-0.05, 0) is 84.3 Å². The van der Waals surface area contributed by atoms with Gasteiger partial charge < -0.3 is 15.6 Å². The van der Waals surface area contributed by atoms with Gasteiger partial charge in [-0.1, -0.05) is 37.6 Å². The van der Waals surface area contributed by atoms with E-state index >= 15 is 0 Å². The molecule has 182 valence electrons. The molecule has 0 bridgehead atoms. The van der Waals surface area contributed by atoms with Crippen LogP contribution < -0.4 is 5.73 Å². The normalized spacial score (nSPS) is 37.4. The maximum Gasteiger partial charge on any atom is 0.323 e. The molecule has 1 heterocycles. The van der Waals surface area contributed by atoms with Gasteiger partial charge in [0, 0.05) is 18.8 Å². The molecular formula is C28H36N2O4. The first-order valence-corrected chi connectivity index (χ1v) is 12.7. The summed E-state index contributed by atoms with van der Waals surface area (Å²) in [5.41, 5.74) is 10.2. The molecule has 6 heteroatoms. The van der Waals surface area contributed by atoms with Gasteiger partial charge in [0.05, 0.1) is 6.42 Å². The number of esters is 1. The average molecular weight is 465 g/mol. The van der Waals surface area contributed by atoms with Gasteiger partial charge in [-0.2, -0.15) is 0 Å². The number of carboxylic acids is 1. The minimum Gasteiger partial charge on any atom is -0.481 e. The Hall–Kier alpha value is -2.47. The third-order valence-electron chi connectivity index (χ3n) is 9.59. The van der Waals surface area contributed by atoms with E-state index in [1.807, 2.05) is 18.5 Å². The molecule has 34 heavy (non-hydrogen) atoms. The lowest BCUT2D eigenvalue weighted by molar-refractivity contribution is -0.155. The van der Waals surface area contributed by atoms with Crippen molar-refractivity contribution in [3.05, 3.63) is 47.8 Å². The van der Waals surface area contributed by atoms with Gasteiger partial charge in [-0.15, -0.1) is 0 Å². The summed E-state index contributed by atoms with van der Waals surface area (Å²) in [5.74, 6) is 0.289. The number of rotatable bonds is 5. The highest BCUT2D eigenvalue weighted by molar-refractivity contribution is 5.81. The number of pyridine rings is 1. The van der Waals surface area contributed by atoms with Crippen LogP contribution in [0.5, 0.6) is 0 Å². The fraction of sp³-hybridized carbons (Fsp3) is 0.607. The first kappa shape index (κ1) is 23.3. The highest BCUT2D eigenvalue weighted by Crippen LogP contribution is 2.66. The Morgan fingerprint density at radius 2 is 1.97 bits per heavy atom. The number of ether oxygens (including phenoxy) is 1. The predicted molar refractivity (Wildman–Crippen MR) is 129 cm³/mol. The number of nitrogens with zero attached hydrogens (tertiary/aromatic N) is 1. The zero-order chi connectivity index (χ0) is 24.1. The van der Waals surface area contributed by atoms with Crippen LogP contribution in [-0.4, -0.2) is 34.2 Å². The van der Waals surface area contributed by atoms with Crippen LogP contribution in [0.1, 0.15) is 70.8 Å². The van der Waals surface area contributed by atoms with E-state index in [-0.39, 0.29) is 16.9 Å². The summed E-state index contributed by atoms with van der Waals surface area (Å²) in [5, 5.41) is 8.90. The van der Waals surface area contributed by atoms with Crippen LogP contribution >= 0.6 is 0 Å². The number of hydrogen-bond donors (Lipinski definition) is 2. The molecule has 7 atom stereocenters. The number of aromatic nitrogens is 1. The van der Waals surface area contributed by atoms with Gasteiger partial charge in [0.15, 0.2) is 0 Å². The van der Waals surface area contributed by atoms with Gasteiger partial charge in [-0.3, -0.25) is 14.6 Å². The number of carbonyl (C=O) groups excluding carboxylic acids is 1. The van der Waals surface area contributed by atoms with Crippen molar-refractivity contribution in [3.8, 4) is 0 Å². The molecule has 0 radical (unpaired) electrons. The first-order valence-electron chi connectivity index (χ1n) is 12.7. The monoisotopic (exact) mass is 464 g/mol. The summed E-state index contributed by atoms with van der Waals surface area (Å²) in [6, 6.07) is 3.13. The van der Waals surface area contributed by atoms with Gasteiger partial charge in [0.25, 0.3) is 0 Å². The molecule has 3 N–H and O–H groups in total. The summed E-state index contributed by atoms with van der Waals surface area (Å²) < 4.78 is 5.65. The topological polar surface area (TPSA) is 103 Å². The lowest BCUT2D eigenvalue weighted by atomic mass is 9.47. The standard InChI is InChI=1S/C28H36N2O4/c1-27-11-9-19(34-26(33)24(29)15-25(31)32)14-18(27)5-6-20-22-8-7-21(17-4-3-13-30-16-17)28(22,2)12-10-23(20)27/h3-5,7,13,16,19-20,22-24H,6,8-12,14-15,29H2,1-2H3,(H,31,32)/t19-,20-,22-,23-,24?,27-,28+/m0/s1. The summed E-state index contributed by atoms with van der Waals surface area (Å²) in [6.07, 6.45) is 15.4. The van der Waals surface area contributed by atoms with Crippen molar-refractivity contribution in [2.45, 2.75) is 77.4 Å². The summed E-state index contributed by atoms with van der Waals surface area (Å²) in [7, 11) is 0. The van der Waals surface area contributed by atoms with Crippen LogP contribution in [0.2, 0.25) is 0 Å². The van der Waals surface area contributed by atoms with Crippen LogP contribution in [-0.2, 0) is 14.3 Å². The van der Waals surface area contributed by atoms with Gasteiger partial charge >= 0.3 is 11.9 Å². The van der Waals surface area contributed by atoms with Crippen molar-refractivity contribution in [1.29, 1.82) is 0 Å². The third-order valence-corrected chi connectivity index (χ3v) is 9.59. The molecule has 5 rings (SSSR count). The van der Waals surface area contributed by atoms with E-state index in [4.69, 9.17) is 15.6 Å². The van der Waals surface area contributed by atoms with Crippen molar-refractivity contribution in [3.63, 3.8) is 0 Å². The molecule has 1 unspecified atom stereocenters. The van der Waals surface area contributed by atoms with Crippen molar-refractivity contribution in [1.82, 2.24) is 4.98 Å². The van der Waals surface area contributed by atoms with E-state index in [1.165, 1.54) is 29.6 Å². The molecule has 2 fully saturated rings. The summed E-state index contributed by atoms with van der Waals surface area (Å²) in [6.45, 7) is 4.90. The van der Waals surface area contributed by atoms with Crippen LogP contribution in [0.3, 0.4) is 0 Å². The summed E-state index contributed by atoms with van der Waals surface area (Å²) >= 11 is 0. The van der Waals surface area contributed by atoms with Crippen molar-refractivity contribution in [2.24, 2.45) is 34.3 Å². The summed E-state index contributed by atoms with van der Waals surface area (Å²) in [4.78, 5) is 27.5. The predicted octanol–water partition coefficient (Wildman–Crippen LogP) is 4.75. The molecule has 6 nitrogen and oxygen atoms in total. The molecule has 1 aromatic heterocycles. The molecule has 0 spiro atoms. The fourth-order valence-electron chi connectivity index (χ4n) is 7.79. The molecule has 0 amide bonds. The Bertz CT molecular complexity index is 1030. The Balaban J connectivity index is 1.31. The van der Waals surface area contributed by atoms with Crippen LogP contribution in [0.25, 0.3) is 5.57 Å². The molecule has 2 saturated carbocycles. The average Bonchev–Trinajstić information content (AvgIpc) is 3.16. The lowest BCUT2D eigenvalue weighted by Crippen LogP contribution is -2.50. The number of hydrogen-bond acceptors (Lipinski definition) is 5. The minimum atomic E-state index is -1.10. The highest BCUT2D eigenvalue weighted by Gasteiger charge is 2.57. The second-order valence-electron chi connectivity index (χ2n) is 11.3. The smallest absolute Gasteiger partial charge is 0.323 e. The first-order chi connectivity index (χ1) is 16.2. The van der Waals surface area contributed by atoms with E-state index in [0.717, 1.165) is 32.1 Å². The Morgan fingerprint density at radius 1 is 1.18 bits per heavy atom. The molecule has 4 aliphatic carbocycles. The van der Waals surface area contributed by atoms with Crippen LogP contribution in [0, 0.1) is 28.6 Å². The SMILES string of the molecule is C[C@]12CC[C@H](OC(=O)C(N)CC(=O)O)CC1=CC[C@@H]1[C@@H]2CC[C@]2(C)C(c3cccnc3)=CC[C@@H]12. The third kappa shape index (κ3) is 3.80. The van der Waals surface area contributed by atoms with Gasteiger partial charge in [-0.25, -0.2) is 0 Å². The second kappa shape index (κ2) is 8.63. The van der Waals surface area contributed by atoms with E-state index in [0.29, 0.717) is 17.8 Å². The fourth-order valence-corrected chi connectivity index (χ4v) is 7.79. The molecule has 0 saturated heterocycles. The highest BCUT2D eigenvalue weighted by atomic mass is 16.5. The lowest BCUT2D eigenvalue weighted by Gasteiger charge is -2.57. The molecule has 0 aliphatic heterocycles. The molecular weight excluding hydrogens is 428 g/mol. The quantitative estimate of drug-likeness (QED) is 0.481. The maximum absolute atomic E-state index is 12.3. The number of allylic oxidation sites excluding steroid dienone is 3. The molecule has 4 aliphatic rings. The van der Waals surface area contributed by atoms with Crippen LogP contribution in [0.4, 0.5) is 0 Å². The largest absolute Gasteiger partial charge is 0.481 e. The maximum atomic E-state index is 12.3. The molecule has 0 aromatic carbocycles. The minimum absolute atomic E-state index is 0.146. The van der Waals surface area contributed by atoms with E-state index in [1.54, 1.807) is 0 Å². The Morgan fingerprint density at radius 3 is 2.71 bits per heavy atom. The van der Waals surface area contributed by atoms with E-state index in [2.05, 4.69) is 37.0 Å². The number of fused-ring (bicyclic) bond motifs is 5. The number of carboxylic acid groups (broad SMARTS) is 1. The zero-order valence-electron chi connectivity index (χ0n) is 20.2. The van der Waals surface area contributed by atoms with Crippen molar-refractivity contribution >= 4 is 17.5 Å². The van der Waals surface area contributed by atoms with Crippen molar-refractivity contribution in [2.75, 3.05) is 0 Å². The van der Waals surface area contributed by atoms with E-state index in [9.17, 15) is 9.59 Å². The van der Waals surface area contributed by atoms with Crippen LogP contribution in [0.15, 0.2) is 42.3 Å². The number of aliphatic carboxylic acids is 1. The van der Waals surface area contributed by atoms with E-state index < -0.39 is 24.4 Å². The van der Waals surface area contributed by atoms with Crippen molar-refractivity contribution < 1.29 is 19.4 Å². The Labute approximate surface area is 201 Å².